The number of benzene rings is 1. The van der Waals surface area contributed by atoms with E-state index in [-0.39, 0.29) is 35.0 Å². The average Bonchev–Trinajstić information content (AvgIpc) is 3.41. The molecule has 0 spiro atoms. The van der Waals surface area contributed by atoms with Crippen LogP contribution < -0.4 is 15.4 Å². The third-order valence-electron chi connectivity index (χ3n) is 8.62. The molecule has 1 aliphatic carbocycles. The van der Waals surface area contributed by atoms with Crippen LogP contribution >= 0.6 is 0 Å². The molecule has 3 amide bonds. The highest BCUT2D eigenvalue weighted by Crippen LogP contribution is 2.29. The van der Waals surface area contributed by atoms with Crippen LogP contribution in [-0.4, -0.2) is 69.0 Å². The van der Waals surface area contributed by atoms with Crippen LogP contribution in [-0.2, 0) is 29.8 Å². The van der Waals surface area contributed by atoms with Gasteiger partial charge in [-0.3, -0.25) is 14.4 Å². The SMILES string of the molecule is CNC(C(=O)NC(C(=O)N(C)C(/C=C(\C)C(=O)NS(=O)(=O)CC1CCCC1)C(C)C)C(C)(C)C)C(C)(C)c1ccccc1. The summed E-state index contributed by atoms with van der Waals surface area (Å²) >= 11 is 0. The second-order valence-corrected chi connectivity index (χ2v) is 15.8. The molecule has 0 bridgehead atoms. The topological polar surface area (TPSA) is 125 Å². The Morgan fingerprint density at radius 3 is 2.05 bits per heavy atom. The van der Waals surface area contributed by atoms with E-state index >= 15 is 0 Å². The number of carbonyl (C=O) groups excluding carboxylic acids is 3. The monoisotopic (exact) mass is 618 g/mol. The summed E-state index contributed by atoms with van der Waals surface area (Å²) in [6, 6.07) is 7.78. The van der Waals surface area contributed by atoms with Crippen molar-refractivity contribution in [2.24, 2.45) is 17.3 Å². The van der Waals surface area contributed by atoms with Crippen LogP contribution in [0.25, 0.3) is 0 Å². The number of likely N-dealkylation sites (N-methyl/N-ethyl adjacent to an activating group) is 2. The van der Waals surface area contributed by atoms with Gasteiger partial charge in [0.1, 0.15) is 6.04 Å². The fourth-order valence-electron chi connectivity index (χ4n) is 5.91. The summed E-state index contributed by atoms with van der Waals surface area (Å²) in [5, 5.41) is 6.17. The van der Waals surface area contributed by atoms with E-state index in [1.807, 2.05) is 78.8 Å². The predicted molar refractivity (Wildman–Crippen MR) is 173 cm³/mol. The van der Waals surface area contributed by atoms with Crippen molar-refractivity contribution in [1.82, 2.24) is 20.3 Å². The van der Waals surface area contributed by atoms with Crippen molar-refractivity contribution in [1.29, 1.82) is 0 Å². The molecule has 0 saturated heterocycles. The average molecular weight is 619 g/mol. The molecule has 0 radical (unpaired) electrons. The largest absolute Gasteiger partial charge is 0.342 e. The molecule has 9 nitrogen and oxygen atoms in total. The lowest BCUT2D eigenvalue weighted by Crippen LogP contribution is -2.61. The van der Waals surface area contributed by atoms with Gasteiger partial charge >= 0.3 is 0 Å². The number of amides is 3. The molecule has 242 valence electrons. The molecule has 0 aromatic heterocycles. The van der Waals surface area contributed by atoms with E-state index in [1.165, 1.54) is 0 Å². The first-order valence-corrected chi connectivity index (χ1v) is 17.0. The van der Waals surface area contributed by atoms with Crippen LogP contribution in [0.15, 0.2) is 42.0 Å². The zero-order valence-electron chi connectivity index (χ0n) is 27.8. The van der Waals surface area contributed by atoms with Crippen molar-refractivity contribution in [2.75, 3.05) is 19.8 Å². The van der Waals surface area contributed by atoms with E-state index in [0.29, 0.717) is 0 Å². The maximum Gasteiger partial charge on any atom is 0.260 e. The van der Waals surface area contributed by atoms with Gasteiger partial charge in [0.15, 0.2) is 0 Å². The Kier molecular flexibility index (Phi) is 12.6. The van der Waals surface area contributed by atoms with Gasteiger partial charge in [0, 0.05) is 18.0 Å². The van der Waals surface area contributed by atoms with Crippen LogP contribution in [0.2, 0.25) is 0 Å². The molecule has 1 fully saturated rings. The van der Waals surface area contributed by atoms with Crippen LogP contribution in [0.4, 0.5) is 0 Å². The standard InChI is InChI=1S/C33H54N4O5S/c1-22(2)26(20-23(3)29(38)36-43(41,42)21-24-16-14-15-17-24)37(10)31(40)28(32(4,5)6)35-30(39)27(34-9)33(7,8)25-18-12-11-13-19-25/h11-13,18-20,22,24,26-28,34H,14-17,21H2,1-10H3,(H,35,39)(H,36,38)/b23-20+. The highest BCUT2D eigenvalue weighted by molar-refractivity contribution is 7.90. The number of nitrogens with zero attached hydrogens (tertiary/aromatic N) is 1. The second kappa shape index (κ2) is 14.8. The first-order chi connectivity index (χ1) is 19.8. The van der Waals surface area contributed by atoms with Crippen LogP contribution in [0.5, 0.6) is 0 Å². The normalized spacial score (nSPS) is 17.3. The van der Waals surface area contributed by atoms with Gasteiger partial charge in [0.05, 0.1) is 17.8 Å². The Balaban J connectivity index is 2.27. The van der Waals surface area contributed by atoms with Crippen molar-refractivity contribution in [3.8, 4) is 0 Å². The molecule has 0 heterocycles. The minimum atomic E-state index is -3.77. The first kappa shape index (κ1) is 36.5. The molecule has 1 saturated carbocycles. The van der Waals surface area contributed by atoms with Crippen LogP contribution in [0.1, 0.15) is 86.6 Å². The Labute approximate surface area is 259 Å². The molecule has 1 aromatic rings. The number of hydrogen-bond donors (Lipinski definition) is 3. The number of carbonyl (C=O) groups is 3. The smallest absolute Gasteiger partial charge is 0.260 e. The van der Waals surface area contributed by atoms with Gasteiger partial charge in [-0.25, -0.2) is 13.1 Å². The minimum absolute atomic E-state index is 0.0559. The lowest BCUT2D eigenvalue weighted by molar-refractivity contribution is -0.140. The van der Waals surface area contributed by atoms with Gasteiger partial charge in [-0.05, 0) is 49.6 Å². The maximum atomic E-state index is 14.0. The highest BCUT2D eigenvalue weighted by atomic mass is 32.2. The molecular weight excluding hydrogens is 564 g/mol. The summed E-state index contributed by atoms with van der Waals surface area (Å²) in [5.41, 5.74) is 0.0135. The molecule has 43 heavy (non-hydrogen) atoms. The van der Waals surface area contributed by atoms with E-state index in [1.54, 1.807) is 32.0 Å². The quantitative estimate of drug-likeness (QED) is 0.286. The fraction of sp³-hybridized carbons (Fsp3) is 0.667. The first-order valence-electron chi connectivity index (χ1n) is 15.3. The van der Waals surface area contributed by atoms with E-state index in [4.69, 9.17) is 0 Å². The van der Waals surface area contributed by atoms with Gasteiger partial charge < -0.3 is 15.5 Å². The third kappa shape index (κ3) is 9.89. The molecule has 10 heteroatoms. The van der Waals surface area contributed by atoms with Gasteiger partial charge in [-0.15, -0.1) is 0 Å². The van der Waals surface area contributed by atoms with E-state index in [2.05, 4.69) is 15.4 Å². The van der Waals surface area contributed by atoms with Crippen molar-refractivity contribution in [2.45, 2.75) is 105 Å². The van der Waals surface area contributed by atoms with E-state index < -0.39 is 44.9 Å². The molecule has 3 N–H and O–H groups in total. The van der Waals surface area contributed by atoms with E-state index in [9.17, 15) is 22.8 Å². The highest BCUT2D eigenvalue weighted by Gasteiger charge is 2.41. The van der Waals surface area contributed by atoms with Gasteiger partial charge in [0.2, 0.25) is 21.8 Å². The number of sulfonamides is 1. The van der Waals surface area contributed by atoms with Crippen LogP contribution in [0, 0.1) is 17.3 Å². The van der Waals surface area contributed by atoms with Gasteiger partial charge in [0.25, 0.3) is 5.91 Å². The Morgan fingerprint density at radius 2 is 1.56 bits per heavy atom. The van der Waals surface area contributed by atoms with E-state index in [0.717, 1.165) is 31.2 Å². The third-order valence-corrected chi connectivity index (χ3v) is 10.0. The van der Waals surface area contributed by atoms with Crippen molar-refractivity contribution >= 4 is 27.7 Å². The maximum absolute atomic E-state index is 14.0. The molecule has 1 aromatic carbocycles. The van der Waals surface area contributed by atoms with Crippen molar-refractivity contribution in [3.63, 3.8) is 0 Å². The molecule has 0 aliphatic heterocycles. The summed E-state index contributed by atoms with van der Waals surface area (Å²) in [5.74, 6) is -1.36. The zero-order valence-corrected chi connectivity index (χ0v) is 28.6. The number of hydrogen-bond acceptors (Lipinski definition) is 6. The zero-order chi connectivity index (χ0) is 32.8. The summed E-state index contributed by atoms with van der Waals surface area (Å²) in [6.07, 6.45) is 5.38. The molecule has 1 aliphatic rings. The summed E-state index contributed by atoms with van der Waals surface area (Å²) in [7, 11) is -0.380. The molecule has 3 unspecified atom stereocenters. The Bertz CT molecular complexity index is 1250. The Hall–Kier alpha value is -2.72. The number of rotatable bonds is 13. The van der Waals surface area contributed by atoms with Gasteiger partial charge in [-0.1, -0.05) is 97.7 Å². The predicted octanol–water partition coefficient (Wildman–Crippen LogP) is 4.15. The summed E-state index contributed by atoms with van der Waals surface area (Å²) < 4.78 is 27.5. The summed E-state index contributed by atoms with van der Waals surface area (Å²) in [4.78, 5) is 42.2. The number of nitrogens with one attached hydrogen (secondary N) is 3. The van der Waals surface area contributed by atoms with Crippen molar-refractivity contribution < 1.29 is 22.8 Å². The Morgan fingerprint density at radius 1 is 1.00 bits per heavy atom. The minimum Gasteiger partial charge on any atom is -0.342 e. The molecule has 3 atom stereocenters. The second-order valence-electron chi connectivity index (χ2n) is 14.0. The summed E-state index contributed by atoms with van der Waals surface area (Å²) in [6.45, 7) is 15.1. The fourth-order valence-corrected chi connectivity index (χ4v) is 7.39. The lowest BCUT2D eigenvalue weighted by Gasteiger charge is -2.40. The van der Waals surface area contributed by atoms with Gasteiger partial charge in [-0.2, -0.15) is 0 Å². The van der Waals surface area contributed by atoms with Crippen molar-refractivity contribution in [3.05, 3.63) is 47.5 Å². The molecule has 2 rings (SSSR count). The lowest BCUT2D eigenvalue weighted by atomic mass is 9.76. The van der Waals surface area contributed by atoms with Crippen LogP contribution in [0.3, 0.4) is 0 Å². The molecular formula is C33H54N4O5S.